The lowest BCUT2D eigenvalue weighted by Gasteiger charge is -2.11. The van der Waals surface area contributed by atoms with E-state index in [1.165, 1.54) is 0 Å². The Balaban J connectivity index is 2.17. The number of halogens is 1. The second-order valence-electron chi connectivity index (χ2n) is 3.56. The Hall–Kier alpha value is -1.10. The molecule has 2 rings (SSSR count). The zero-order chi connectivity index (χ0) is 9.42. The Kier molecular flexibility index (Phi) is 1.95. The molecule has 13 heavy (non-hydrogen) atoms. The molecule has 1 aliphatic rings. The summed E-state index contributed by atoms with van der Waals surface area (Å²) < 4.78 is 15.0. The van der Waals surface area contributed by atoms with Gasteiger partial charge in [-0.3, -0.25) is 4.68 Å². The molecule has 1 saturated heterocycles. The summed E-state index contributed by atoms with van der Waals surface area (Å²) in [5.74, 6) is 0. The third-order valence-electron chi connectivity index (χ3n) is 2.36. The van der Waals surface area contributed by atoms with Gasteiger partial charge in [0.05, 0.1) is 17.9 Å². The first kappa shape index (κ1) is 8.50. The van der Waals surface area contributed by atoms with E-state index in [1.807, 2.05) is 11.9 Å². The lowest BCUT2D eigenvalue weighted by atomic mass is 10.2. The Morgan fingerprint density at radius 3 is 2.85 bits per heavy atom. The highest BCUT2D eigenvalue weighted by Crippen LogP contribution is 2.23. The van der Waals surface area contributed by atoms with Gasteiger partial charge in [0.25, 0.3) is 0 Å². The van der Waals surface area contributed by atoms with Crippen LogP contribution < -0.4 is 5.73 Å². The summed E-state index contributed by atoms with van der Waals surface area (Å²) in [5.41, 5.74) is 6.09. The quantitative estimate of drug-likeness (QED) is 0.682. The summed E-state index contributed by atoms with van der Waals surface area (Å²) in [6, 6.07) is -0.178. The molecule has 72 valence electrons. The third-order valence-corrected chi connectivity index (χ3v) is 2.36. The largest absolute Gasteiger partial charge is 0.396 e. The van der Waals surface area contributed by atoms with Crippen LogP contribution in [0.3, 0.4) is 0 Å². The number of anilines is 1. The zero-order valence-electron chi connectivity index (χ0n) is 7.52. The minimum absolute atomic E-state index is 0.178. The first-order valence-corrected chi connectivity index (χ1v) is 4.29. The maximum Gasteiger partial charge on any atom is 0.136 e. The normalized spacial score (nSPS) is 29.7. The molecular weight excluding hydrogens is 171 g/mol. The van der Waals surface area contributed by atoms with Crippen LogP contribution in [0.1, 0.15) is 6.04 Å². The van der Waals surface area contributed by atoms with E-state index in [1.54, 1.807) is 17.1 Å². The summed E-state index contributed by atoms with van der Waals surface area (Å²) in [5, 5.41) is 4.01. The minimum atomic E-state index is -0.843. The van der Waals surface area contributed by atoms with Gasteiger partial charge in [0.15, 0.2) is 0 Å². The van der Waals surface area contributed by atoms with Crippen LogP contribution in [-0.4, -0.2) is 41.0 Å². The molecule has 0 bridgehead atoms. The van der Waals surface area contributed by atoms with Crippen molar-refractivity contribution in [2.24, 2.45) is 0 Å². The van der Waals surface area contributed by atoms with E-state index < -0.39 is 6.17 Å². The number of nitrogens with two attached hydrogens (primary N) is 1. The lowest BCUT2D eigenvalue weighted by Crippen LogP contribution is -2.19. The van der Waals surface area contributed by atoms with Crippen molar-refractivity contribution in [1.82, 2.24) is 14.7 Å². The molecule has 2 heterocycles. The minimum Gasteiger partial charge on any atom is -0.396 e. The van der Waals surface area contributed by atoms with Crippen LogP contribution in [0.25, 0.3) is 0 Å². The number of likely N-dealkylation sites (tertiary alicyclic amines) is 1. The maximum absolute atomic E-state index is 13.4. The standard InChI is InChI=1S/C8H13FN4/c1-12-4-7(9)8(5-12)13-3-6(10)2-11-13/h2-3,7-8H,4-5,10H2,1H3. The summed E-state index contributed by atoms with van der Waals surface area (Å²) in [6.07, 6.45) is 2.38. The second-order valence-corrected chi connectivity index (χ2v) is 3.56. The van der Waals surface area contributed by atoms with E-state index in [0.29, 0.717) is 18.8 Å². The molecule has 0 aliphatic carbocycles. The van der Waals surface area contributed by atoms with Gasteiger partial charge >= 0.3 is 0 Å². The molecule has 1 aromatic heterocycles. The summed E-state index contributed by atoms with van der Waals surface area (Å²) >= 11 is 0. The fraction of sp³-hybridized carbons (Fsp3) is 0.625. The van der Waals surface area contributed by atoms with Crippen LogP contribution in [0, 0.1) is 0 Å². The molecule has 0 spiro atoms. The van der Waals surface area contributed by atoms with Gasteiger partial charge in [-0.05, 0) is 7.05 Å². The SMILES string of the molecule is CN1CC(F)C(n2cc(N)cn2)C1. The summed E-state index contributed by atoms with van der Waals surface area (Å²) in [6.45, 7) is 1.17. The lowest BCUT2D eigenvalue weighted by molar-refractivity contribution is 0.267. The van der Waals surface area contributed by atoms with Crippen LogP contribution in [0.5, 0.6) is 0 Å². The van der Waals surface area contributed by atoms with Crippen LogP contribution in [-0.2, 0) is 0 Å². The molecule has 0 amide bonds. The van der Waals surface area contributed by atoms with E-state index >= 15 is 0 Å². The molecule has 1 aliphatic heterocycles. The van der Waals surface area contributed by atoms with Crippen molar-refractivity contribution < 1.29 is 4.39 Å². The number of aromatic nitrogens is 2. The predicted molar refractivity (Wildman–Crippen MR) is 48.1 cm³/mol. The smallest absolute Gasteiger partial charge is 0.136 e. The fourth-order valence-corrected chi connectivity index (χ4v) is 1.71. The van der Waals surface area contributed by atoms with Crippen molar-refractivity contribution in [3.05, 3.63) is 12.4 Å². The van der Waals surface area contributed by atoms with Gasteiger partial charge in [-0.15, -0.1) is 0 Å². The van der Waals surface area contributed by atoms with E-state index in [2.05, 4.69) is 5.10 Å². The Morgan fingerprint density at radius 2 is 2.38 bits per heavy atom. The van der Waals surface area contributed by atoms with E-state index in [4.69, 9.17) is 5.73 Å². The van der Waals surface area contributed by atoms with Gasteiger partial charge in [-0.25, -0.2) is 4.39 Å². The fourth-order valence-electron chi connectivity index (χ4n) is 1.71. The number of hydrogen-bond acceptors (Lipinski definition) is 3. The molecule has 1 aromatic rings. The average molecular weight is 184 g/mol. The van der Waals surface area contributed by atoms with E-state index in [9.17, 15) is 4.39 Å². The molecule has 2 N–H and O–H groups in total. The number of rotatable bonds is 1. The van der Waals surface area contributed by atoms with Gasteiger partial charge in [-0.2, -0.15) is 5.10 Å². The van der Waals surface area contributed by atoms with Gasteiger partial charge in [0.2, 0.25) is 0 Å². The molecule has 5 heteroatoms. The van der Waals surface area contributed by atoms with Gasteiger partial charge < -0.3 is 10.6 Å². The van der Waals surface area contributed by atoms with Crippen molar-refractivity contribution in [2.45, 2.75) is 12.2 Å². The van der Waals surface area contributed by atoms with Crippen LogP contribution in [0.4, 0.5) is 10.1 Å². The number of nitrogen functional groups attached to an aromatic ring is 1. The van der Waals surface area contributed by atoms with Crippen molar-refractivity contribution in [2.75, 3.05) is 25.9 Å². The van der Waals surface area contributed by atoms with E-state index in [-0.39, 0.29) is 6.04 Å². The second kappa shape index (κ2) is 2.99. The van der Waals surface area contributed by atoms with Crippen molar-refractivity contribution in [1.29, 1.82) is 0 Å². The summed E-state index contributed by atoms with van der Waals surface area (Å²) in [4.78, 5) is 1.95. The Bertz CT molecular complexity index is 298. The van der Waals surface area contributed by atoms with Crippen LogP contribution in [0.2, 0.25) is 0 Å². The predicted octanol–water partition coefficient (Wildman–Crippen LogP) is 0.290. The van der Waals surface area contributed by atoms with Crippen LogP contribution >= 0.6 is 0 Å². The first-order chi connectivity index (χ1) is 6.16. The number of alkyl halides is 1. The molecule has 0 aromatic carbocycles. The number of hydrogen-bond donors (Lipinski definition) is 1. The highest BCUT2D eigenvalue weighted by Gasteiger charge is 2.32. The first-order valence-electron chi connectivity index (χ1n) is 4.29. The van der Waals surface area contributed by atoms with Crippen molar-refractivity contribution in [3.8, 4) is 0 Å². The van der Waals surface area contributed by atoms with E-state index in [0.717, 1.165) is 0 Å². The molecule has 0 radical (unpaired) electrons. The summed E-state index contributed by atoms with van der Waals surface area (Å²) in [7, 11) is 1.90. The number of nitrogens with zero attached hydrogens (tertiary/aromatic N) is 3. The average Bonchev–Trinajstić information content (AvgIpc) is 2.58. The molecule has 2 atom stereocenters. The van der Waals surface area contributed by atoms with Crippen molar-refractivity contribution >= 4 is 5.69 Å². The molecular formula is C8H13FN4. The van der Waals surface area contributed by atoms with Gasteiger partial charge in [-0.1, -0.05) is 0 Å². The zero-order valence-corrected chi connectivity index (χ0v) is 7.52. The van der Waals surface area contributed by atoms with Crippen LogP contribution in [0.15, 0.2) is 12.4 Å². The number of likely N-dealkylation sites (N-methyl/N-ethyl adjacent to an activating group) is 1. The molecule has 0 saturated carbocycles. The molecule has 1 fully saturated rings. The Morgan fingerprint density at radius 1 is 1.62 bits per heavy atom. The third kappa shape index (κ3) is 1.51. The highest BCUT2D eigenvalue weighted by atomic mass is 19.1. The van der Waals surface area contributed by atoms with Gasteiger partial charge in [0, 0.05) is 19.3 Å². The maximum atomic E-state index is 13.4. The van der Waals surface area contributed by atoms with Gasteiger partial charge in [0.1, 0.15) is 6.17 Å². The topological polar surface area (TPSA) is 47.1 Å². The molecule has 4 nitrogen and oxygen atoms in total. The Labute approximate surface area is 76.1 Å². The van der Waals surface area contributed by atoms with Crippen molar-refractivity contribution in [3.63, 3.8) is 0 Å². The molecule has 2 unspecified atom stereocenters. The highest BCUT2D eigenvalue weighted by molar-refractivity contribution is 5.30. The monoisotopic (exact) mass is 184 g/mol.